The van der Waals surface area contributed by atoms with Gasteiger partial charge < -0.3 is 14.2 Å². The number of carbonyl (C=O) groups excluding carboxylic acids is 3. The smallest absolute Gasteiger partial charge is 0.306 e. The number of allylic oxidation sites excluding steroid dienone is 14. The predicted octanol–water partition coefficient (Wildman–Crippen LogP) is 17.2. The van der Waals surface area contributed by atoms with Crippen molar-refractivity contribution in [2.45, 2.75) is 245 Å². The average molecular weight is 877 g/mol. The van der Waals surface area contributed by atoms with Gasteiger partial charge >= 0.3 is 17.9 Å². The summed E-state index contributed by atoms with van der Waals surface area (Å²) >= 11 is 0. The maximum atomic E-state index is 12.8. The lowest BCUT2D eigenvalue weighted by Crippen LogP contribution is -2.30. The van der Waals surface area contributed by atoms with Gasteiger partial charge in [0.05, 0.1) is 0 Å². The van der Waals surface area contributed by atoms with Crippen LogP contribution in [-0.4, -0.2) is 37.2 Å². The zero-order chi connectivity index (χ0) is 45.8. The maximum Gasteiger partial charge on any atom is 0.306 e. The van der Waals surface area contributed by atoms with Crippen LogP contribution in [-0.2, 0) is 28.6 Å². The molecule has 0 rings (SSSR count). The highest BCUT2D eigenvalue weighted by Gasteiger charge is 2.19. The Hall–Kier alpha value is -3.41. The fourth-order valence-corrected chi connectivity index (χ4v) is 6.93. The molecule has 6 heteroatoms. The Morgan fingerprint density at radius 3 is 1.03 bits per heavy atom. The molecule has 360 valence electrons. The van der Waals surface area contributed by atoms with Crippen molar-refractivity contribution in [2.75, 3.05) is 13.2 Å². The van der Waals surface area contributed by atoms with Gasteiger partial charge in [0.25, 0.3) is 0 Å². The Morgan fingerprint density at radius 1 is 0.333 bits per heavy atom. The van der Waals surface area contributed by atoms with Crippen molar-refractivity contribution < 1.29 is 28.6 Å². The number of hydrogen-bond acceptors (Lipinski definition) is 6. The van der Waals surface area contributed by atoms with E-state index in [0.29, 0.717) is 19.3 Å². The quantitative estimate of drug-likeness (QED) is 0.0262. The number of hydrogen-bond donors (Lipinski definition) is 0. The predicted molar refractivity (Wildman–Crippen MR) is 270 cm³/mol. The molecule has 0 aromatic heterocycles. The van der Waals surface area contributed by atoms with Crippen LogP contribution < -0.4 is 0 Å². The second-order valence-corrected chi connectivity index (χ2v) is 17.0. The third-order valence-corrected chi connectivity index (χ3v) is 10.9. The Bertz CT molecular complexity index is 1240. The Balaban J connectivity index is 4.49. The van der Waals surface area contributed by atoms with Crippen LogP contribution in [0.25, 0.3) is 0 Å². The lowest BCUT2D eigenvalue weighted by atomic mass is 10.1. The van der Waals surface area contributed by atoms with Gasteiger partial charge in [0.15, 0.2) is 6.10 Å². The summed E-state index contributed by atoms with van der Waals surface area (Å²) in [7, 11) is 0. The molecule has 1 unspecified atom stereocenters. The second-order valence-electron chi connectivity index (χ2n) is 17.0. The van der Waals surface area contributed by atoms with E-state index in [4.69, 9.17) is 14.2 Å². The zero-order valence-electron chi connectivity index (χ0n) is 41.1. The van der Waals surface area contributed by atoms with Gasteiger partial charge in [0.2, 0.25) is 0 Å². The second kappa shape index (κ2) is 51.2. The van der Waals surface area contributed by atoms with E-state index >= 15 is 0 Å². The molecule has 0 fully saturated rings. The van der Waals surface area contributed by atoms with Gasteiger partial charge in [-0.2, -0.15) is 0 Å². The molecule has 0 aromatic rings. The molecule has 0 N–H and O–H groups in total. The number of carbonyl (C=O) groups is 3. The standard InChI is InChI=1S/C57H96O6/c1-4-7-10-13-16-19-22-25-28-30-32-35-38-41-44-47-50-56(59)62-53-54(52-61-55(58)49-46-43-40-37-34-31-27-24-21-18-15-12-9-6-3)63-57(60)51-48-45-42-39-36-33-29-26-23-20-17-14-11-8-5-2/h8,11,17,19-20,22,24,26-30,36,39,54H,4-7,9-10,12-16,18,21,23,25,31-35,37-38,40-53H2,1-3H3/b11-8-,20-17-,22-19-,27-24-,29-26-,30-28-,39-36-. The van der Waals surface area contributed by atoms with Crippen molar-refractivity contribution >= 4 is 17.9 Å². The average Bonchev–Trinajstić information content (AvgIpc) is 3.28. The third kappa shape index (κ3) is 49.5. The molecule has 0 bridgehead atoms. The number of unbranched alkanes of at least 4 members (excludes halogenated alkanes) is 21. The van der Waals surface area contributed by atoms with Crippen molar-refractivity contribution in [3.05, 3.63) is 85.1 Å². The van der Waals surface area contributed by atoms with Gasteiger partial charge in [-0.05, 0) is 116 Å². The summed E-state index contributed by atoms with van der Waals surface area (Å²) in [6.07, 6.45) is 65.6. The van der Waals surface area contributed by atoms with Crippen LogP contribution in [0.4, 0.5) is 0 Å². The first-order valence-corrected chi connectivity index (χ1v) is 26.1. The van der Waals surface area contributed by atoms with Crippen LogP contribution >= 0.6 is 0 Å². The molecule has 0 saturated heterocycles. The molecule has 1 atom stereocenters. The lowest BCUT2D eigenvalue weighted by molar-refractivity contribution is -0.167. The van der Waals surface area contributed by atoms with E-state index in [9.17, 15) is 14.4 Å². The van der Waals surface area contributed by atoms with Crippen molar-refractivity contribution in [3.8, 4) is 0 Å². The largest absolute Gasteiger partial charge is 0.462 e. The summed E-state index contributed by atoms with van der Waals surface area (Å²) in [5.74, 6) is -0.967. The van der Waals surface area contributed by atoms with E-state index in [0.717, 1.165) is 116 Å². The minimum Gasteiger partial charge on any atom is -0.462 e. The van der Waals surface area contributed by atoms with E-state index in [1.807, 2.05) is 0 Å². The summed E-state index contributed by atoms with van der Waals surface area (Å²) < 4.78 is 16.7. The monoisotopic (exact) mass is 877 g/mol. The normalized spacial score (nSPS) is 12.7. The first-order valence-electron chi connectivity index (χ1n) is 26.1. The van der Waals surface area contributed by atoms with E-state index in [1.54, 1.807) is 0 Å². The van der Waals surface area contributed by atoms with E-state index in [-0.39, 0.29) is 37.5 Å². The first kappa shape index (κ1) is 59.6. The van der Waals surface area contributed by atoms with Gasteiger partial charge in [-0.25, -0.2) is 0 Å². The highest BCUT2D eigenvalue weighted by Crippen LogP contribution is 2.13. The maximum absolute atomic E-state index is 12.8. The summed E-state index contributed by atoms with van der Waals surface area (Å²) in [6.45, 7) is 6.44. The summed E-state index contributed by atoms with van der Waals surface area (Å²) in [4.78, 5) is 38.0. The lowest BCUT2D eigenvalue weighted by Gasteiger charge is -2.18. The van der Waals surface area contributed by atoms with Crippen molar-refractivity contribution in [1.29, 1.82) is 0 Å². The zero-order valence-corrected chi connectivity index (χ0v) is 41.1. The molecule has 0 aliphatic carbocycles. The molecule has 0 aliphatic rings. The van der Waals surface area contributed by atoms with Gasteiger partial charge in [0.1, 0.15) is 13.2 Å². The van der Waals surface area contributed by atoms with Crippen LogP contribution in [0, 0.1) is 0 Å². The molecule has 0 spiro atoms. The Kier molecular flexibility index (Phi) is 48.5. The van der Waals surface area contributed by atoms with Gasteiger partial charge in [-0.15, -0.1) is 0 Å². The van der Waals surface area contributed by atoms with Crippen LogP contribution in [0.1, 0.15) is 239 Å². The SMILES string of the molecule is CC/C=C\C/C=C\C/C=C\C/C=C\CCCCC(=O)OC(COC(=O)CCCCCCC/C=C\C/C=C\CCCCCC)COC(=O)CCCCCCC/C=C\CCCCCCC. The number of rotatable bonds is 46. The van der Waals surface area contributed by atoms with Crippen LogP contribution in [0.15, 0.2) is 85.1 Å². The van der Waals surface area contributed by atoms with Gasteiger partial charge in [-0.1, -0.05) is 189 Å². The minimum absolute atomic E-state index is 0.103. The Morgan fingerprint density at radius 2 is 0.619 bits per heavy atom. The molecular formula is C57H96O6. The Labute approximate surface area is 388 Å². The van der Waals surface area contributed by atoms with Crippen LogP contribution in [0.5, 0.6) is 0 Å². The van der Waals surface area contributed by atoms with Crippen LogP contribution in [0.3, 0.4) is 0 Å². The van der Waals surface area contributed by atoms with E-state index < -0.39 is 6.10 Å². The first-order chi connectivity index (χ1) is 31.0. The van der Waals surface area contributed by atoms with E-state index in [1.165, 1.54) is 77.0 Å². The van der Waals surface area contributed by atoms with E-state index in [2.05, 4.69) is 106 Å². The molecule has 6 nitrogen and oxygen atoms in total. The number of ether oxygens (including phenoxy) is 3. The molecular weight excluding hydrogens is 781 g/mol. The molecule has 0 aliphatic heterocycles. The molecule has 63 heavy (non-hydrogen) atoms. The third-order valence-electron chi connectivity index (χ3n) is 10.9. The summed E-state index contributed by atoms with van der Waals surface area (Å²) in [5.41, 5.74) is 0. The van der Waals surface area contributed by atoms with Gasteiger partial charge in [0, 0.05) is 19.3 Å². The molecule has 0 saturated carbocycles. The van der Waals surface area contributed by atoms with Crippen LogP contribution in [0.2, 0.25) is 0 Å². The molecule has 0 radical (unpaired) electrons. The molecule has 0 heterocycles. The van der Waals surface area contributed by atoms with Crippen molar-refractivity contribution in [1.82, 2.24) is 0 Å². The topological polar surface area (TPSA) is 78.9 Å². The van der Waals surface area contributed by atoms with Crippen molar-refractivity contribution in [3.63, 3.8) is 0 Å². The van der Waals surface area contributed by atoms with Crippen molar-refractivity contribution in [2.24, 2.45) is 0 Å². The molecule has 0 aromatic carbocycles. The molecule has 0 amide bonds. The summed E-state index contributed by atoms with van der Waals surface area (Å²) in [5, 5.41) is 0. The summed E-state index contributed by atoms with van der Waals surface area (Å²) in [6, 6.07) is 0. The number of esters is 3. The highest BCUT2D eigenvalue weighted by atomic mass is 16.6. The highest BCUT2D eigenvalue weighted by molar-refractivity contribution is 5.71. The fraction of sp³-hybridized carbons (Fsp3) is 0.702. The van der Waals surface area contributed by atoms with Gasteiger partial charge in [-0.3, -0.25) is 14.4 Å². The fourth-order valence-electron chi connectivity index (χ4n) is 6.93. The minimum atomic E-state index is -0.807.